The van der Waals surface area contributed by atoms with Crippen molar-refractivity contribution < 1.29 is 4.52 Å². The predicted octanol–water partition coefficient (Wildman–Crippen LogP) is 2.21. The van der Waals surface area contributed by atoms with Crippen LogP contribution in [0.1, 0.15) is 21.2 Å². The minimum atomic E-state index is 0.653. The molecule has 5 heteroatoms. The van der Waals surface area contributed by atoms with Crippen molar-refractivity contribution in [2.75, 3.05) is 0 Å². The SMILES string of the molecule is Cc1cc(CNCc2ccc(C#N)s2)on1. The first-order chi connectivity index (χ1) is 7.78. The van der Waals surface area contributed by atoms with E-state index in [1.165, 1.54) is 11.3 Å². The van der Waals surface area contributed by atoms with Gasteiger partial charge in [0.05, 0.1) is 12.2 Å². The van der Waals surface area contributed by atoms with Crippen LogP contribution in [0.4, 0.5) is 0 Å². The second-order valence-electron chi connectivity index (χ2n) is 3.42. The minimum Gasteiger partial charge on any atom is -0.360 e. The number of hydrogen-bond donors (Lipinski definition) is 1. The molecule has 0 aromatic carbocycles. The van der Waals surface area contributed by atoms with Crippen molar-refractivity contribution >= 4 is 11.3 Å². The molecule has 82 valence electrons. The molecule has 0 saturated carbocycles. The van der Waals surface area contributed by atoms with Crippen molar-refractivity contribution in [3.05, 3.63) is 39.4 Å². The van der Waals surface area contributed by atoms with Crippen molar-refractivity contribution in [2.24, 2.45) is 0 Å². The van der Waals surface area contributed by atoms with E-state index in [2.05, 4.69) is 16.5 Å². The van der Waals surface area contributed by atoms with E-state index in [4.69, 9.17) is 9.78 Å². The summed E-state index contributed by atoms with van der Waals surface area (Å²) in [6.45, 7) is 3.29. The van der Waals surface area contributed by atoms with Gasteiger partial charge in [-0.25, -0.2) is 0 Å². The molecule has 2 aromatic rings. The molecular weight excluding hydrogens is 222 g/mol. The van der Waals surface area contributed by atoms with Gasteiger partial charge in [-0.05, 0) is 19.1 Å². The lowest BCUT2D eigenvalue weighted by Crippen LogP contribution is -2.10. The van der Waals surface area contributed by atoms with Crippen molar-refractivity contribution in [3.63, 3.8) is 0 Å². The van der Waals surface area contributed by atoms with Crippen LogP contribution < -0.4 is 5.32 Å². The van der Waals surface area contributed by atoms with Crippen LogP contribution in [0.15, 0.2) is 22.7 Å². The van der Waals surface area contributed by atoms with E-state index in [9.17, 15) is 0 Å². The molecule has 2 heterocycles. The van der Waals surface area contributed by atoms with Crippen LogP contribution >= 0.6 is 11.3 Å². The van der Waals surface area contributed by atoms with Crippen molar-refractivity contribution in [3.8, 4) is 6.07 Å². The number of nitrogens with one attached hydrogen (secondary N) is 1. The fourth-order valence-electron chi connectivity index (χ4n) is 1.34. The zero-order valence-electron chi connectivity index (χ0n) is 8.86. The second kappa shape index (κ2) is 4.92. The summed E-state index contributed by atoms with van der Waals surface area (Å²) in [5, 5.41) is 15.7. The van der Waals surface area contributed by atoms with Gasteiger partial charge in [0.25, 0.3) is 0 Å². The number of thiophene rings is 1. The van der Waals surface area contributed by atoms with Crippen LogP contribution in [-0.4, -0.2) is 5.16 Å². The molecule has 4 nitrogen and oxygen atoms in total. The molecule has 0 radical (unpaired) electrons. The summed E-state index contributed by atoms with van der Waals surface area (Å²) < 4.78 is 5.07. The fraction of sp³-hybridized carbons (Fsp3) is 0.273. The third kappa shape index (κ3) is 2.69. The first-order valence-corrected chi connectivity index (χ1v) is 5.71. The molecule has 0 unspecified atom stereocenters. The zero-order valence-corrected chi connectivity index (χ0v) is 9.67. The third-order valence-electron chi connectivity index (χ3n) is 2.05. The second-order valence-corrected chi connectivity index (χ2v) is 4.58. The van der Waals surface area contributed by atoms with Gasteiger partial charge in [0.15, 0.2) is 5.76 Å². The molecule has 2 aromatic heterocycles. The quantitative estimate of drug-likeness (QED) is 0.879. The molecule has 2 rings (SSSR count). The van der Waals surface area contributed by atoms with E-state index in [1.807, 2.05) is 25.1 Å². The standard InChI is InChI=1S/C11H11N3OS/c1-8-4-9(15-14-8)6-13-7-11-3-2-10(5-12)16-11/h2-4,13H,6-7H2,1H3. The molecule has 1 N–H and O–H groups in total. The van der Waals surface area contributed by atoms with Crippen molar-refractivity contribution in [1.82, 2.24) is 10.5 Å². The van der Waals surface area contributed by atoms with E-state index in [0.29, 0.717) is 6.54 Å². The van der Waals surface area contributed by atoms with Gasteiger partial charge in [-0.15, -0.1) is 11.3 Å². The Morgan fingerprint density at radius 1 is 1.50 bits per heavy atom. The molecule has 16 heavy (non-hydrogen) atoms. The van der Waals surface area contributed by atoms with Gasteiger partial charge < -0.3 is 9.84 Å². The normalized spacial score (nSPS) is 10.2. The molecule has 0 aliphatic heterocycles. The number of aromatic nitrogens is 1. The Morgan fingerprint density at radius 2 is 2.38 bits per heavy atom. The molecule has 0 atom stereocenters. The average molecular weight is 233 g/mol. The van der Waals surface area contributed by atoms with E-state index in [0.717, 1.165) is 27.8 Å². The highest BCUT2D eigenvalue weighted by Gasteiger charge is 2.01. The summed E-state index contributed by atoms with van der Waals surface area (Å²) in [5.41, 5.74) is 0.889. The Kier molecular flexibility index (Phi) is 3.34. The molecular formula is C11H11N3OS. The number of hydrogen-bond acceptors (Lipinski definition) is 5. The van der Waals surface area contributed by atoms with Gasteiger partial charge in [0.2, 0.25) is 0 Å². The van der Waals surface area contributed by atoms with Gasteiger partial charge in [0, 0.05) is 17.5 Å². The van der Waals surface area contributed by atoms with Crippen LogP contribution in [0, 0.1) is 18.3 Å². The molecule has 0 amide bonds. The van der Waals surface area contributed by atoms with Crippen molar-refractivity contribution in [1.29, 1.82) is 5.26 Å². The Balaban J connectivity index is 1.82. The van der Waals surface area contributed by atoms with Gasteiger partial charge >= 0.3 is 0 Å². The summed E-state index contributed by atoms with van der Waals surface area (Å²) in [5.74, 6) is 0.828. The Hall–Kier alpha value is -1.64. The lowest BCUT2D eigenvalue weighted by molar-refractivity contribution is 0.369. The average Bonchev–Trinajstić information content (AvgIpc) is 2.88. The van der Waals surface area contributed by atoms with Crippen LogP contribution in [0.3, 0.4) is 0 Å². The largest absolute Gasteiger partial charge is 0.360 e. The smallest absolute Gasteiger partial charge is 0.150 e. The van der Waals surface area contributed by atoms with E-state index >= 15 is 0 Å². The third-order valence-corrected chi connectivity index (χ3v) is 3.04. The summed E-state index contributed by atoms with van der Waals surface area (Å²) in [6.07, 6.45) is 0. The molecule has 0 bridgehead atoms. The van der Waals surface area contributed by atoms with Crippen molar-refractivity contribution in [2.45, 2.75) is 20.0 Å². The van der Waals surface area contributed by atoms with E-state index in [1.54, 1.807) is 0 Å². The molecule has 0 aliphatic rings. The topological polar surface area (TPSA) is 61.9 Å². The van der Waals surface area contributed by atoms with Crippen LogP contribution in [-0.2, 0) is 13.1 Å². The summed E-state index contributed by atoms with van der Waals surface area (Å²) in [4.78, 5) is 1.89. The van der Waals surface area contributed by atoms with Crippen LogP contribution in [0.25, 0.3) is 0 Å². The minimum absolute atomic E-state index is 0.653. The highest BCUT2D eigenvalue weighted by Crippen LogP contribution is 2.15. The maximum atomic E-state index is 8.67. The van der Waals surface area contributed by atoms with Gasteiger partial charge in [-0.1, -0.05) is 5.16 Å². The number of rotatable bonds is 4. The molecule has 0 saturated heterocycles. The van der Waals surface area contributed by atoms with E-state index < -0.39 is 0 Å². The highest BCUT2D eigenvalue weighted by molar-refractivity contribution is 7.12. The van der Waals surface area contributed by atoms with Crippen LogP contribution in [0.2, 0.25) is 0 Å². The Morgan fingerprint density at radius 3 is 3.00 bits per heavy atom. The maximum absolute atomic E-state index is 8.67. The number of aryl methyl sites for hydroxylation is 1. The maximum Gasteiger partial charge on any atom is 0.150 e. The Bertz CT molecular complexity index is 509. The highest BCUT2D eigenvalue weighted by atomic mass is 32.1. The van der Waals surface area contributed by atoms with Gasteiger partial charge in [-0.3, -0.25) is 0 Å². The van der Waals surface area contributed by atoms with Gasteiger partial charge in [-0.2, -0.15) is 5.26 Å². The molecule has 0 aliphatic carbocycles. The first kappa shape index (κ1) is 10.9. The number of nitrogens with zero attached hydrogens (tertiary/aromatic N) is 2. The summed E-state index contributed by atoms with van der Waals surface area (Å²) >= 11 is 1.50. The van der Waals surface area contributed by atoms with Gasteiger partial charge in [0.1, 0.15) is 10.9 Å². The predicted molar refractivity (Wildman–Crippen MR) is 60.8 cm³/mol. The summed E-state index contributed by atoms with van der Waals surface area (Å²) in [7, 11) is 0. The monoisotopic (exact) mass is 233 g/mol. The lowest BCUT2D eigenvalue weighted by Gasteiger charge is -1.98. The molecule has 0 spiro atoms. The zero-order chi connectivity index (χ0) is 11.4. The number of nitriles is 1. The first-order valence-electron chi connectivity index (χ1n) is 4.89. The van der Waals surface area contributed by atoms with E-state index in [-0.39, 0.29) is 0 Å². The fourth-order valence-corrected chi connectivity index (χ4v) is 2.12. The van der Waals surface area contributed by atoms with Crippen LogP contribution in [0.5, 0.6) is 0 Å². The summed E-state index contributed by atoms with van der Waals surface area (Å²) in [6, 6.07) is 7.82. The molecule has 0 fully saturated rings. The Labute approximate surface area is 97.5 Å². The lowest BCUT2D eigenvalue weighted by atomic mass is 10.4.